The number of hydrogen-bond acceptors (Lipinski definition) is 2. The van der Waals surface area contributed by atoms with Crippen LogP contribution in [0.3, 0.4) is 0 Å². The number of benzene rings is 1. The Labute approximate surface area is 138 Å². The van der Waals surface area contributed by atoms with Crippen LogP contribution in [0.5, 0.6) is 0 Å². The number of H-pyrrole nitrogens is 1. The Hall–Kier alpha value is -1.33. The fraction of sp³-hybridized carbons (Fsp3) is 0.471. The number of amides is 1. The highest BCUT2D eigenvalue weighted by Gasteiger charge is 2.38. The van der Waals surface area contributed by atoms with Gasteiger partial charge in [-0.05, 0) is 50.0 Å². The van der Waals surface area contributed by atoms with Crippen LogP contribution in [0.15, 0.2) is 28.7 Å². The molecule has 1 aromatic carbocycles. The number of rotatable bonds is 1. The van der Waals surface area contributed by atoms with Gasteiger partial charge in [0.1, 0.15) is 5.69 Å². The molecule has 2 unspecified atom stereocenters. The summed E-state index contributed by atoms with van der Waals surface area (Å²) in [4.78, 5) is 20.5. The van der Waals surface area contributed by atoms with Crippen LogP contribution in [0.2, 0.25) is 0 Å². The highest BCUT2D eigenvalue weighted by molar-refractivity contribution is 9.10. The van der Waals surface area contributed by atoms with Crippen molar-refractivity contribution in [3.8, 4) is 0 Å². The molecule has 1 amide bonds. The molecule has 2 aliphatic heterocycles. The van der Waals surface area contributed by atoms with Crippen LogP contribution >= 0.6 is 15.9 Å². The van der Waals surface area contributed by atoms with Gasteiger partial charge in [0.2, 0.25) is 0 Å². The molecule has 3 heterocycles. The minimum Gasteiger partial charge on any atom is -0.350 e. The molecule has 22 heavy (non-hydrogen) atoms. The molecule has 116 valence electrons. The lowest BCUT2D eigenvalue weighted by Crippen LogP contribution is -2.37. The van der Waals surface area contributed by atoms with Crippen molar-refractivity contribution < 1.29 is 4.79 Å². The third-order valence-electron chi connectivity index (χ3n) is 5.11. The lowest BCUT2D eigenvalue weighted by Gasteiger charge is -2.31. The fourth-order valence-corrected chi connectivity index (χ4v) is 4.26. The maximum atomic E-state index is 12.8. The monoisotopic (exact) mass is 361 g/mol. The van der Waals surface area contributed by atoms with Crippen molar-refractivity contribution in [3.05, 3.63) is 34.4 Å². The number of piperidine rings is 1. The lowest BCUT2D eigenvalue weighted by atomic mass is 9.89. The molecule has 0 saturated carbocycles. The predicted octanol–water partition coefficient (Wildman–Crippen LogP) is 2.95. The minimum atomic E-state index is 0.143. The number of nitrogens with zero attached hydrogens (tertiary/aromatic N) is 2. The van der Waals surface area contributed by atoms with Gasteiger partial charge in [0.25, 0.3) is 5.91 Å². The van der Waals surface area contributed by atoms with Crippen LogP contribution in [-0.4, -0.2) is 53.9 Å². The first-order valence-corrected chi connectivity index (χ1v) is 8.65. The smallest absolute Gasteiger partial charge is 0.270 e. The zero-order valence-electron chi connectivity index (χ0n) is 12.7. The maximum absolute atomic E-state index is 12.8. The number of carbonyl (C=O) groups excluding carboxylic acids is 1. The van der Waals surface area contributed by atoms with Gasteiger partial charge in [0.15, 0.2) is 0 Å². The Balaban J connectivity index is 1.56. The van der Waals surface area contributed by atoms with Gasteiger partial charge in [0, 0.05) is 35.0 Å². The van der Waals surface area contributed by atoms with E-state index in [1.54, 1.807) is 0 Å². The highest BCUT2D eigenvalue weighted by Crippen LogP contribution is 2.31. The van der Waals surface area contributed by atoms with E-state index in [9.17, 15) is 4.79 Å². The zero-order valence-corrected chi connectivity index (χ0v) is 14.3. The van der Waals surface area contributed by atoms with Gasteiger partial charge >= 0.3 is 0 Å². The van der Waals surface area contributed by atoms with Crippen molar-refractivity contribution in [1.29, 1.82) is 0 Å². The van der Waals surface area contributed by atoms with Gasteiger partial charge in [0.05, 0.1) is 0 Å². The molecule has 2 atom stereocenters. The number of likely N-dealkylation sites (tertiary alicyclic amines) is 2. The van der Waals surface area contributed by atoms with Crippen LogP contribution < -0.4 is 0 Å². The van der Waals surface area contributed by atoms with Crippen molar-refractivity contribution in [2.45, 2.75) is 6.42 Å². The molecule has 2 aromatic rings. The van der Waals surface area contributed by atoms with Crippen molar-refractivity contribution in [1.82, 2.24) is 14.8 Å². The van der Waals surface area contributed by atoms with Gasteiger partial charge in [-0.2, -0.15) is 0 Å². The lowest BCUT2D eigenvalue weighted by molar-refractivity contribution is 0.0779. The van der Waals surface area contributed by atoms with Gasteiger partial charge in [-0.15, -0.1) is 0 Å². The van der Waals surface area contributed by atoms with E-state index in [4.69, 9.17) is 0 Å². The molecule has 2 saturated heterocycles. The maximum Gasteiger partial charge on any atom is 0.270 e. The predicted molar refractivity (Wildman–Crippen MR) is 91.0 cm³/mol. The quantitative estimate of drug-likeness (QED) is 0.847. The third-order valence-corrected chi connectivity index (χ3v) is 5.60. The third kappa shape index (κ3) is 2.46. The van der Waals surface area contributed by atoms with Gasteiger partial charge in [-0.3, -0.25) is 4.79 Å². The summed E-state index contributed by atoms with van der Waals surface area (Å²) in [5.74, 6) is 1.46. The summed E-state index contributed by atoms with van der Waals surface area (Å²) in [6.07, 6.45) is 1.21. The van der Waals surface area contributed by atoms with Gasteiger partial charge < -0.3 is 14.8 Å². The molecule has 1 aromatic heterocycles. The summed E-state index contributed by atoms with van der Waals surface area (Å²) in [6, 6.07) is 8.03. The number of carbonyl (C=O) groups is 1. The first kappa shape index (κ1) is 14.3. The topological polar surface area (TPSA) is 39.3 Å². The second-order valence-corrected chi connectivity index (χ2v) is 7.61. The van der Waals surface area contributed by atoms with Gasteiger partial charge in [-0.25, -0.2) is 0 Å². The summed E-state index contributed by atoms with van der Waals surface area (Å²) >= 11 is 3.47. The molecular formula is C17H20BrN3O. The van der Waals surface area contributed by atoms with Crippen molar-refractivity contribution in [2.24, 2.45) is 11.8 Å². The summed E-state index contributed by atoms with van der Waals surface area (Å²) in [6.45, 7) is 4.08. The number of hydrogen-bond donors (Lipinski definition) is 1. The number of nitrogens with one attached hydrogen (secondary N) is 1. The molecule has 2 aliphatic rings. The van der Waals surface area contributed by atoms with E-state index >= 15 is 0 Å². The number of aromatic amines is 1. The largest absolute Gasteiger partial charge is 0.350 e. The summed E-state index contributed by atoms with van der Waals surface area (Å²) in [5, 5.41) is 1.09. The summed E-state index contributed by atoms with van der Waals surface area (Å²) in [7, 11) is 2.18. The van der Waals surface area contributed by atoms with E-state index in [0.717, 1.165) is 41.6 Å². The van der Waals surface area contributed by atoms with E-state index in [1.807, 2.05) is 29.2 Å². The Morgan fingerprint density at radius 3 is 2.91 bits per heavy atom. The van der Waals surface area contributed by atoms with E-state index in [2.05, 4.69) is 32.9 Å². The Morgan fingerprint density at radius 2 is 2.05 bits per heavy atom. The molecule has 2 fully saturated rings. The van der Waals surface area contributed by atoms with E-state index < -0.39 is 0 Å². The first-order chi connectivity index (χ1) is 10.6. The molecule has 5 heteroatoms. The summed E-state index contributed by atoms with van der Waals surface area (Å²) < 4.78 is 1.02. The average molecular weight is 362 g/mol. The fourth-order valence-electron chi connectivity index (χ4n) is 3.90. The van der Waals surface area contributed by atoms with Crippen molar-refractivity contribution in [2.75, 3.05) is 33.2 Å². The number of halogens is 1. The number of fused-ring (bicyclic) bond motifs is 2. The summed E-state index contributed by atoms with van der Waals surface area (Å²) in [5.41, 5.74) is 1.72. The van der Waals surface area contributed by atoms with Crippen LogP contribution in [0, 0.1) is 11.8 Å². The SMILES string of the molecule is CN1CCC2CN(C(=O)c3cc4ccc(Br)cc4[nH]3)CC2C1. The zero-order chi connectivity index (χ0) is 15.3. The Kier molecular flexibility index (Phi) is 3.50. The van der Waals surface area contributed by atoms with Crippen LogP contribution in [-0.2, 0) is 0 Å². The van der Waals surface area contributed by atoms with E-state index in [0.29, 0.717) is 17.5 Å². The molecule has 0 radical (unpaired) electrons. The van der Waals surface area contributed by atoms with Crippen LogP contribution in [0.25, 0.3) is 10.9 Å². The molecule has 1 N–H and O–H groups in total. The molecule has 0 spiro atoms. The second-order valence-electron chi connectivity index (χ2n) is 6.70. The minimum absolute atomic E-state index is 0.143. The molecule has 4 rings (SSSR count). The number of aromatic nitrogens is 1. The molecule has 0 aliphatic carbocycles. The average Bonchev–Trinajstić information content (AvgIpc) is 3.08. The van der Waals surface area contributed by atoms with Crippen molar-refractivity contribution >= 4 is 32.7 Å². The normalized spacial score (nSPS) is 25.6. The van der Waals surface area contributed by atoms with Gasteiger partial charge in [-0.1, -0.05) is 22.0 Å². The van der Waals surface area contributed by atoms with Crippen LogP contribution in [0.4, 0.5) is 0 Å². The highest BCUT2D eigenvalue weighted by atomic mass is 79.9. The molecule has 0 bridgehead atoms. The molecule has 4 nitrogen and oxygen atoms in total. The standard InChI is InChI=1S/C17H20BrN3O/c1-20-5-4-12-9-21(10-13(12)8-20)17(22)16-6-11-2-3-14(18)7-15(11)19-16/h2-3,6-7,12-13,19H,4-5,8-10H2,1H3. The van der Waals surface area contributed by atoms with Crippen LogP contribution in [0.1, 0.15) is 16.9 Å². The Morgan fingerprint density at radius 1 is 1.23 bits per heavy atom. The van der Waals surface area contributed by atoms with E-state index in [1.165, 1.54) is 6.42 Å². The van der Waals surface area contributed by atoms with Crippen molar-refractivity contribution in [3.63, 3.8) is 0 Å². The molecular weight excluding hydrogens is 342 g/mol. The van der Waals surface area contributed by atoms with E-state index in [-0.39, 0.29) is 5.91 Å². The second kappa shape index (κ2) is 5.39. The first-order valence-electron chi connectivity index (χ1n) is 7.86. The Bertz CT molecular complexity index is 726.